The van der Waals surface area contributed by atoms with Crippen molar-refractivity contribution in [3.63, 3.8) is 0 Å². The van der Waals surface area contributed by atoms with E-state index in [9.17, 15) is 0 Å². The van der Waals surface area contributed by atoms with Gasteiger partial charge in [-0.25, -0.2) is 0 Å². The van der Waals surface area contributed by atoms with E-state index in [1.54, 1.807) is 6.26 Å². The summed E-state index contributed by atoms with van der Waals surface area (Å²) >= 11 is 0. The Balaban J connectivity index is 2.23. The molecule has 76 valence electrons. The molecule has 2 aromatic rings. The molecule has 0 spiro atoms. The number of nitriles is 1. The van der Waals surface area contributed by atoms with Gasteiger partial charge >= 0.3 is 0 Å². The van der Waals surface area contributed by atoms with Gasteiger partial charge in [-0.3, -0.25) is 0 Å². The summed E-state index contributed by atoms with van der Waals surface area (Å²) in [6.45, 7) is 0. The zero-order valence-corrected chi connectivity index (χ0v) is 8.60. The third kappa shape index (κ3) is 1.26. The lowest BCUT2D eigenvalue weighted by Crippen LogP contribution is -2.02. The molecule has 0 radical (unpaired) electrons. The molecule has 0 aromatic heterocycles. The fourth-order valence-electron chi connectivity index (χ4n) is 2.01. The Morgan fingerprint density at radius 1 is 1.12 bits per heavy atom. The fourth-order valence-corrected chi connectivity index (χ4v) is 2.01. The van der Waals surface area contributed by atoms with Crippen molar-refractivity contribution in [2.75, 3.05) is 0 Å². The van der Waals surface area contributed by atoms with Gasteiger partial charge < -0.3 is 4.74 Å². The number of ether oxygens (including phenoxy) is 1. The van der Waals surface area contributed by atoms with Crippen molar-refractivity contribution >= 4 is 10.8 Å². The maximum Gasteiger partial charge on any atom is 0.137 e. The summed E-state index contributed by atoms with van der Waals surface area (Å²) in [6.07, 6.45) is 2.21. The van der Waals surface area contributed by atoms with Crippen molar-refractivity contribution in [1.29, 1.82) is 5.26 Å². The Kier molecular flexibility index (Phi) is 1.91. The zero-order valence-electron chi connectivity index (χ0n) is 8.60. The lowest BCUT2D eigenvalue weighted by molar-refractivity contribution is 0.466. The molecule has 0 aliphatic carbocycles. The molecule has 1 heterocycles. The molecule has 0 unspecified atom stereocenters. The van der Waals surface area contributed by atoms with Crippen LogP contribution in [0.3, 0.4) is 0 Å². The van der Waals surface area contributed by atoms with Crippen LogP contribution in [-0.4, -0.2) is 0 Å². The van der Waals surface area contributed by atoms with Gasteiger partial charge in [0.25, 0.3) is 0 Å². The van der Waals surface area contributed by atoms with E-state index in [2.05, 4.69) is 18.2 Å². The number of nitrogens with zero attached hydrogens (tertiary/aromatic N) is 1. The van der Waals surface area contributed by atoms with E-state index in [4.69, 9.17) is 10.00 Å². The average molecular weight is 207 g/mol. The van der Waals surface area contributed by atoms with Gasteiger partial charge in [-0.15, -0.1) is 0 Å². The molecular weight excluding hydrogens is 198 g/mol. The summed E-state index contributed by atoms with van der Waals surface area (Å²) in [4.78, 5) is 0. The van der Waals surface area contributed by atoms with E-state index in [0.29, 0.717) is 12.0 Å². The average Bonchev–Trinajstić information content (AvgIpc) is 2.38. The van der Waals surface area contributed by atoms with Gasteiger partial charge in [0, 0.05) is 17.4 Å². The van der Waals surface area contributed by atoms with Crippen LogP contribution in [0.5, 0.6) is 5.75 Å². The molecule has 16 heavy (non-hydrogen) atoms. The van der Waals surface area contributed by atoms with E-state index in [-0.39, 0.29) is 0 Å². The van der Waals surface area contributed by atoms with Crippen LogP contribution in [-0.2, 0) is 6.42 Å². The van der Waals surface area contributed by atoms with Crippen molar-refractivity contribution in [2.45, 2.75) is 6.42 Å². The lowest BCUT2D eigenvalue weighted by atomic mass is 9.99. The second-order valence-electron chi connectivity index (χ2n) is 3.82. The summed E-state index contributed by atoms with van der Waals surface area (Å²) in [5.41, 5.74) is 1.75. The maximum absolute atomic E-state index is 8.83. The Bertz CT molecular complexity index is 635. The highest BCUT2D eigenvalue weighted by atomic mass is 16.5. The minimum atomic E-state index is 0.663. The molecule has 2 heteroatoms. The smallest absolute Gasteiger partial charge is 0.137 e. The monoisotopic (exact) mass is 207 g/mol. The highest BCUT2D eigenvalue weighted by Gasteiger charge is 2.14. The number of rotatable bonds is 0. The second kappa shape index (κ2) is 3.39. The van der Waals surface area contributed by atoms with Gasteiger partial charge in [-0.2, -0.15) is 5.26 Å². The summed E-state index contributed by atoms with van der Waals surface area (Å²) in [7, 11) is 0. The van der Waals surface area contributed by atoms with Gasteiger partial charge in [0.15, 0.2) is 0 Å². The number of fused-ring (bicyclic) bond motifs is 3. The normalized spacial score (nSPS) is 13.6. The van der Waals surface area contributed by atoms with Crippen LogP contribution in [0.1, 0.15) is 5.56 Å². The SMILES string of the molecule is N#CC1=COc2c(ccc3ccccc23)C1. The predicted octanol–water partition coefficient (Wildman–Crippen LogP) is 3.18. The Morgan fingerprint density at radius 3 is 2.88 bits per heavy atom. The molecular formula is C14H9NO. The molecule has 0 N–H and O–H groups in total. The van der Waals surface area contributed by atoms with Gasteiger partial charge in [-0.1, -0.05) is 36.4 Å². The zero-order chi connectivity index (χ0) is 11.0. The fraction of sp³-hybridized carbons (Fsp3) is 0.0714. The molecule has 1 aliphatic rings. The van der Waals surface area contributed by atoms with E-state index in [1.807, 2.05) is 24.3 Å². The molecule has 0 atom stereocenters. The molecule has 0 bridgehead atoms. The Morgan fingerprint density at radius 2 is 2.00 bits per heavy atom. The first-order valence-corrected chi connectivity index (χ1v) is 5.15. The third-order valence-corrected chi connectivity index (χ3v) is 2.80. The van der Waals surface area contributed by atoms with Crippen molar-refractivity contribution in [1.82, 2.24) is 0 Å². The molecule has 1 aliphatic heterocycles. The van der Waals surface area contributed by atoms with Crippen LogP contribution in [0.2, 0.25) is 0 Å². The summed E-state index contributed by atoms with van der Waals surface area (Å²) in [5.74, 6) is 0.886. The first-order valence-electron chi connectivity index (χ1n) is 5.15. The minimum Gasteiger partial charge on any atom is -0.463 e. The first kappa shape index (κ1) is 8.99. The topological polar surface area (TPSA) is 33.0 Å². The third-order valence-electron chi connectivity index (χ3n) is 2.80. The van der Waals surface area contributed by atoms with Crippen LogP contribution in [0.15, 0.2) is 48.2 Å². The van der Waals surface area contributed by atoms with E-state index in [0.717, 1.165) is 22.1 Å². The van der Waals surface area contributed by atoms with E-state index >= 15 is 0 Å². The van der Waals surface area contributed by atoms with E-state index in [1.165, 1.54) is 0 Å². The number of hydrogen-bond acceptors (Lipinski definition) is 2. The first-order chi connectivity index (χ1) is 7.88. The predicted molar refractivity (Wildman–Crippen MR) is 62.0 cm³/mol. The van der Waals surface area contributed by atoms with Crippen molar-refractivity contribution in [3.8, 4) is 11.8 Å². The Hall–Kier alpha value is -2.27. The molecule has 3 rings (SSSR count). The summed E-state index contributed by atoms with van der Waals surface area (Å²) < 4.78 is 5.56. The number of hydrogen-bond donors (Lipinski definition) is 0. The Labute approximate surface area is 93.4 Å². The van der Waals surface area contributed by atoms with Gasteiger partial charge in [0.05, 0.1) is 11.6 Å². The summed E-state index contributed by atoms with van der Waals surface area (Å²) in [5, 5.41) is 11.1. The summed E-state index contributed by atoms with van der Waals surface area (Å²) in [6, 6.07) is 14.3. The molecule has 0 amide bonds. The van der Waals surface area contributed by atoms with Crippen molar-refractivity contribution < 1.29 is 4.74 Å². The highest BCUT2D eigenvalue weighted by Crippen LogP contribution is 2.34. The molecule has 2 nitrogen and oxygen atoms in total. The van der Waals surface area contributed by atoms with Crippen LogP contribution in [0, 0.1) is 11.3 Å². The molecule has 2 aromatic carbocycles. The largest absolute Gasteiger partial charge is 0.463 e. The number of allylic oxidation sites excluding steroid dienone is 1. The number of benzene rings is 2. The van der Waals surface area contributed by atoms with Crippen molar-refractivity contribution in [2.24, 2.45) is 0 Å². The minimum absolute atomic E-state index is 0.663. The van der Waals surface area contributed by atoms with Crippen LogP contribution in [0.25, 0.3) is 10.8 Å². The maximum atomic E-state index is 8.83. The lowest BCUT2D eigenvalue weighted by Gasteiger charge is -2.15. The highest BCUT2D eigenvalue weighted by molar-refractivity contribution is 5.90. The van der Waals surface area contributed by atoms with E-state index < -0.39 is 0 Å². The van der Waals surface area contributed by atoms with Crippen LogP contribution >= 0.6 is 0 Å². The molecule has 0 saturated carbocycles. The second-order valence-corrected chi connectivity index (χ2v) is 3.82. The standard InChI is InChI=1S/C14H9NO/c15-8-10-7-12-6-5-11-3-1-2-4-13(11)14(12)16-9-10/h1-6,9H,7H2. The molecule has 0 saturated heterocycles. The quantitative estimate of drug-likeness (QED) is 0.664. The molecule has 0 fully saturated rings. The van der Waals surface area contributed by atoms with Crippen LogP contribution < -0.4 is 4.74 Å². The van der Waals surface area contributed by atoms with Gasteiger partial charge in [0.2, 0.25) is 0 Å². The van der Waals surface area contributed by atoms with Crippen LogP contribution in [0.4, 0.5) is 0 Å². The van der Waals surface area contributed by atoms with Crippen molar-refractivity contribution in [3.05, 3.63) is 53.8 Å². The van der Waals surface area contributed by atoms with Gasteiger partial charge in [-0.05, 0) is 5.39 Å². The van der Waals surface area contributed by atoms with Gasteiger partial charge in [0.1, 0.15) is 12.0 Å².